The fourth-order valence-electron chi connectivity index (χ4n) is 2.37. The first-order valence-electron chi connectivity index (χ1n) is 6.88. The fourth-order valence-corrected chi connectivity index (χ4v) is 2.37. The molecule has 114 valence electrons. The van der Waals surface area contributed by atoms with E-state index in [4.69, 9.17) is 5.11 Å². The summed E-state index contributed by atoms with van der Waals surface area (Å²) in [5.41, 5.74) is 0. The average Bonchev–Trinajstić information content (AvgIpc) is 2.85. The second-order valence-corrected chi connectivity index (χ2v) is 5.44. The molecule has 1 aliphatic heterocycles. The van der Waals surface area contributed by atoms with E-state index in [0.29, 0.717) is 19.4 Å². The third-order valence-electron chi connectivity index (χ3n) is 3.37. The van der Waals surface area contributed by atoms with Gasteiger partial charge in [0, 0.05) is 13.6 Å². The molecule has 0 aromatic rings. The Morgan fingerprint density at radius 3 is 2.50 bits per heavy atom. The first kappa shape index (κ1) is 16.3. The van der Waals surface area contributed by atoms with Crippen molar-refractivity contribution in [3.05, 3.63) is 0 Å². The summed E-state index contributed by atoms with van der Waals surface area (Å²) in [5.74, 6) is -1.11. The van der Waals surface area contributed by atoms with Crippen LogP contribution >= 0.6 is 0 Å². The molecule has 3 N–H and O–H groups in total. The highest BCUT2D eigenvalue weighted by molar-refractivity contribution is 5.89. The van der Waals surface area contributed by atoms with Crippen molar-refractivity contribution in [2.24, 2.45) is 5.92 Å². The summed E-state index contributed by atoms with van der Waals surface area (Å²) >= 11 is 0. The molecule has 7 heteroatoms. The highest BCUT2D eigenvalue weighted by Gasteiger charge is 2.35. The maximum absolute atomic E-state index is 12.1. The predicted molar refractivity (Wildman–Crippen MR) is 73.2 cm³/mol. The van der Waals surface area contributed by atoms with Crippen LogP contribution in [0.5, 0.6) is 0 Å². The Labute approximate surface area is 118 Å². The Morgan fingerprint density at radius 1 is 1.35 bits per heavy atom. The molecule has 3 amide bonds. The zero-order chi connectivity index (χ0) is 15.3. The summed E-state index contributed by atoms with van der Waals surface area (Å²) in [5, 5.41) is 14.2. The molecule has 0 aromatic carbocycles. The monoisotopic (exact) mass is 285 g/mol. The van der Waals surface area contributed by atoms with E-state index in [1.807, 2.05) is 13.8 Å². The first-order valence-corrected chi connectivity index (χ1v) is 6.88. The number of rotatable bonds is 5. The summed E-state index contributed by atoms with van der Waals surface area (Å²) in [7, 11) is 1.52. The van der Waals surface area contributed by atoms with E-state index in [9.17, 15) is 14.4 Å². The van der Waals surface area contributed by atoms with Gasteiger partial charge in [0.15, 0.2) is 0 Å². The predicted octanol–water partition coefficient (Wildman–Crippen LogP) is 0.406. The van der Waals surface area contributed by atoms with E-state index in [1.165, 1.54) is 11.9 Å². The summed E-state index contributed by atoms with van der Waals surface area (Å²) in [4.78, 5) is 36.4. The van der Waals surface area contributed by atoms with Gasteiger partial charge < -0.3 is 20.6 Å². The van der Waals surface area contributed by atoms with Crippen LogP contribution in [0, 0.1) is 5.92 Å². The lowest BCUT2D eigenvalue weighted by Gasteiger charge is -2.26. The van der Waals surface area contributed by atoms with Gasteiger partial charge in [0.2, 0.25) is 5.91 Å². The average molecular weight is 285 g/mol. The van der Waals surface area contributed by atoms with Gasteiger partial charge >= 0.3 is 12.0 Å². The maximum Gasteiger partial charge on any atom is 0.326 e. The number of hydrogen-bond acceptors (Lipinski definition) is 3. The third-order valence-corrected chi connectivity index (χ3v) is 3.37. The van der Waals surface area contributed by atoms with Gasteiger partial charge in [-0.1, -0.05) is 13.8 Å². The standard InChI is InChI=1S/C13H23N3O4/c1-8(2)7-9(12(18)19)15-13(20)16-6-4-5-10(16)11(17)14-3/h8-10H,4-7H2,1-3H3,(H,14,17)(H,15,20)(H,18,19)/t9-,10?/m0/s1. The highest BCUT2D eigenvalue weighted by atomic mass is 16.4. The number of hydrogen-bond donors (Lipinski definition) is 3. The number of nitrogens with zero attached hydrogens (tertiary/aromatic N) is 1. The molecular formula is C13H23N3O4. The minimum atomic E-state index is -1.05. The van der Waals surface area contributed by atoms with Gasteiger partial charge in [0.25, 0.3) is 0 Å². The van der Waals surface area contributed by atoms with Crippen molar-refractivity contribution in [3.8, 4) is 0 Å². The van der Waals surface area contributed by atoms with E-state index in [2.05, 4.69) is 10.6 Å². The minimum absolute atomic E-state index is 0.157. The van der Waals surface area contributed by atoms with Crippen molar-refractivity contribution in [2.75, 3.05) is 13.6 Å². The molecule has 1 rings (SSSR count). The minimum Gasteiger partial charge on any atom is -0.480 e. The quantitative estimate of drug-likeness (QED) is 0.681. The number of carbonyl (C=O) groups is 3. The van der Waals surface area contributed by atoms with Gasteiger partial charge in [-0.2, -0.15) is 0 Å². The van der Waals surface area contributed by atoms with Crippen LogP contribution in [0.1, 0.15) is 33.1 Å². The molecule has 1 fully saturated rings. The molecular weight excluding hydrogens is 262 g/mol. The van der Waals surface area contributed by atoms with Gasteiger partial charge in [0.05, 0.1) is 0 Å². The molecule has 1 aliphatic rings. The van der Waals surface area contributed by atoms with E-state index in [0.717, 1.165) is 6.42 Å². The first-order chi connectivity index (χ1) is 9.36. The van der Waals surface area contributed by atoms with Crippen molar-refractivity contribution in [2.45, 2.75) is 45.2 Å². The van der Waals surface area contributed by atoms with Gasteiger partial charge in [-0.05, 0) is 25.2 Å². The molecule has 0 radical (unpaired) electrons. The molecule has 0 saturated carbocycles. The van der Waals surface area contributed by atoms with E-state index in [1.54, 1.807) is 0 Å². The van der Waals surface area contributed by atoms with E-state index in [-0.39, 0.29) is 11.8 Å². The molecule has 0 aromatic heterocycles. The maximum atomic E-state index is 12.1. The van der Waals surface area contributed by atoms with Crippen LogP contribution in [0.25, 0.3) is 0 Å². The summed E-state index contributed by atoms with van der Waals surface area (Å²) < 4.78 is 0. The van der Waals surface area contributed by atoms with Crippen molar-refractivity contribution < 1.29 is 19.5 Å². The lowest BCUT2D eigenvalue weighted by molar-refractivity contribution is -0.139. The Bertz CT molecular complexity index is 384. The zero-order valence-electron chi connectivity index (χ0n) is 12.2. The normalized spacial score (nSPS) is 19.8. The topological polar surface area (TPSA) is 98.7 Å². The van der Waals surface area contributed by atoms with Crippen molar-refractivity contribution >= 4 is 17.9 Å². The number of aliphatic carboxylic acids is 1. The molecule has 1 heterocycles. The summed E-state index contributed by atoms with van der Waals surface area (Å²) in [6, 6.07) is -1.91. The third kappa shape index (κ3) is 4.11. The Hall–Kier alpha value is -1.79. The molecule has 0 bridgehead atoms. The Morgan fingerprint density at radius 2 is 2.00 bits per heavy atom. The van der Waals surface area contributed by atoms with Crippen LogP contribution in [-0.4, -0.2) is 53.6 Å². The van der Waals surface area contributed by atoms with Crippen LogP contribution in [0.3, 0.4) is 0 Å². The van der Waals surface area contributed by atoms with Crippen LogP contribution < -0.4 is 10.6 Å². The number of likely N-dealkylation sites (N-methyl/N-ethyl adjacent to an activating group) is 1. The second-order valence-electron chi connectivity index (χ2n) is 5.44. The van der Waals surface area contributed by atoms with Crippen LogP contribution in [0.4, 0.5) is 4.79 Å². The number of carboxylic acids is 1. The second kappa shape index (κ2) is 7.12. The number of nitrogens with one attached hydrogen (secondary N) is 2. The smallest absolute Gasteiger partial charge is 0.326 e. The van der Waals surface area contributed by atoms with Gasteiger partial charge in [0.1, 0.15) is 12.1 Å². The number of likely N-dealkylation sites (tertiary alicyclic amines) is 1. The number of urea groups is 1. The lowest BCUT2D eigenvalue weighted by Crippen LogP contribution is -2.53. The fraction of sp³-hybridized carbons (Fsp3) is 0.769. The van der Waals surface area contributed by atoms with Gasteiger partial charge in [-0.25, -0.2) is 9.59 Å². The zero-order valence-corrected chi connectivity index (χ0v) is 12.2. The molecule has 0 spiro atoms. The molecule has 1 saturated heterocycles. The molecule has 1 unspecified atom stereocenters. The molecule has 0 aliphatic carbocycles. The van der Waals surface area contributed by atoms with Gasteiger partial charge in [-0.3, -0.25) is 4.79 Å². The summed E-state index contributed by atoms with van der Waals surface area (Å²) in [6.45, 7) is 4.26. The molecule has 7 nitrogen and oxygen atoms in total. The number of carbonyl (C=O) groups excluding carboxylic acids is 2. The molecule has 20 heavy (non-hydrogen) atoms. The Balaban J connectivity index is 2.68. The highest BCUT2D eigenvalue weighted by Crippen LogP contribution is 2.18. The van der Waals surface area contributed by atoms with Crippen LogP contribution in [0.15, 0.2) is 0 Å². The Kier molecular flexibility index (Phi) is 5.79. The van der Waals surface area contributed by atoms with Crippen LogP contribution in [0.2, 0.25) is 0 Å². The van der Waals surface area contributed by atoms with E-state index >= 15 is 0 Å². The largest absolute Gasteiger partial charge is 0.480 e. The number of amides is 3. The summed E-state index contributed by atoms with van der Waals surface area (Å²) in [6.07, 6.45) is 1.71. The molecule has 2 atom stereocenters. The lowest BCUT2D eigenvalue weighted by atomic mass is 10.0. The number of carboxylic acid groups (broad SMARTS) is 1. The van der Waals surface area contributed by atoms with Crippen molar-refractivity contribution in [1.82, 2.24) is 15.5 Å². The van der Waals surface area contributed by atoms with Crippen molar-refractivity contribution in [3.63, 3.8) is 0 Å². The van der Waals surface area contributed by atoms with Crippen molar-refractivity contribution in [1.29, 1.82) is 0 Å². The van der Waals surface area contributed by atoms with E-state index < -0.39 is 24.1 Å². The van der Waals surface area contributed by atoms with Crippen LogP contribution in [-0.2, 0) is 9.59 Å². The SMILES string of the molecule is CNC(=O)C1CCCN1C(=O)N[C@@H](CC(C)C)C(=O)O. The van der Waals surface area contributed by atoms with Gasteiger partial charge in [-0.15, -0.1) is 0 Å².